The Hall–Kier alpha value is -1.39. The third-order valence-electron chi connectivity index (χ3n) is 7.69. The standard InChI is InChI=1S/C23H34N2O2/c1-15(2)22-11-24-13-23(16(3)4,21(22)26)14-25(12-22)20(24)18-7-9-19(10-8-18)27-17(5)6/h7-10,15-17,20H,11-14H2,1-6H3/p+2. The number of rotatable bonds is 5. The van der Waals surface area contributed by atoms with Gasteiger partial charge in [-0.05, 0) is 49.9 Å². The molecule has 0 aromatic heterocycles. The molecule has 4 aliphatic rings. The van der Waals surface area contributed by atoms with Crippen molar-refractivity contribution in [2.45, 2.75) is 53.8 Å². The normalized spacial score (nSPS) is 37.7. The fraction of sp³-hybridized carbons (Fsp3) is 0.696. The highest BCUT2D eigenvalue weighted by atomic mass is 16.5. The van der Waals surface area contributed by atoms with Crippen molar-refractivity contribution in [2.75, 3.05) is 26.2 Å². The SMILES string of the molecule is CC(C)Oc1ccc(C2[NH+]3CC4(C(C)C)C[NH+]2CC(C(C)C)(C3)C4=O)cc1. The zero-order valence-corrected chi connectivity index (χ0v) is 17.8. The summed E-state index contributed by atoms with van der Waals surface area (Å²) in [5, 5.41) is 0. The predicted octanol–water partition coefficient (Wildman–Crippen LogP) is 1.14. The minimum Gasteiger partial charge on any atom is -0.491 e. The predicted molar refractivity (Wildman–Crippen MR) is 106 cm³/mol. The highest BCUT2D eigenvalue weighted by molar-refractivity contribution is 5.92. The average Bonchev–Trinajstić information content (AvgIpc) is 2.58. The van der Waals surface area contributed by atoms with Crippen molar-refractivity contribution in [2.24, 2.45) is 22.7 Å². The molecule has 27 heavy (non-hydrogen) atoms. The summed E-state index contributed by atoms with van der Waals surface area (Å²) < 4.78 is 5.83. The number of Topliss-reactive ketones (excluding diaryl/α,β-unsaturated/α-hetero) is 1. The molecule has 4 heterocycles. The molecule has 4 heteroatoms. The molecule has 4 aliphatic heterocycles. The van der Waals surface area contributed by atoms with Gasteiger partial charge in [-0.2, -0.15) is 0 Å². The first-order valence-corrected chi connectivity index (χ1v) is 10.7. The van der Waals surface area contributed by atoms with Crippen LogP contribution in [0.2, 0.25) is 0 Å². The molecule has 0 radical (unpaired) electrons. The summed E-state index contributed by atoms with van der Waals surface area (Å²) in [6.45, 7) is 17.1. The molecule has 1 aromatic carbocycles. The largest absolute Gasteiger partial charge is 0.491 e. The lowest BCUT2D eigenvalue weighted by Crippen LogP contribution is -3.41. The van der Waals surface area contributed by atoms with Crippen LogP contribution in [0.4, 0.5) is 0 Å². The lowest BCUT2D eigenvalue weighted by atomic mass is 9.53. The van der Waals surface area contributed by atoms with Gasteiger partial charge in [0.2, 0.25) is 6.17 Å². The fourth-order valence-electron chi connectivity index (χ4n) is 6.21. The lowest BCUT2D eigenvalue weighted by Gasteiger charge is -2.62. The highest BCUT2D eigenvalue weighted by Gasteiger charge is 2.72. The minimum atomic E-state index is -0.136. The van der Waals surface area contributed by atoms with Crippen LogP contribution in [0.25, 0.3) is 0 Å². The minimum absolute atomic E-state index is 0.136. The third-order valence-corrected chi connectivity index (χ3v) is 7.69. The molecule has 148 valence electrons. The van der Waals surface area contributed by atoms with Crippen molar-refractivity contribution < 1.29 is 19.3 Å². The van der Waals surface area contributed by atoms with E-state index in [1.54, 1.807) is 9.80 Å². The molecule has 5 rings (SSSR count). The van der Waals surface area contributed by atoms with E-state index in [1.165, 1.54) is 5.56 Å². The number of hydrogen-bond donors (Lipinski definition) is 2. The summed E-state index contributed by atoms with van der Waals surface area (Å²) in [7, 11) is 0. The zero-order chi connectivity index (χ0) is 19.6. The van der Waals surface area contributed by atoms with E-state index in [9.17, 15) is 4.79 Å². The Morgan fingerprint density at radius 3 is 1.67 bits per heavy atom. The van der Waals surface area contributed by atoms with E-state index in [-0.39, 0.29) is 16.9 Å². The summed E-state index contributed by atoms with van der Waals surface area (Å²) in [6.07, 6.45) is 0.647. The van der Waals surface area contributed by atoms with Crippen molar-refractivity contribution in [1.82, 2.24) is 0 Å². The van der Waals surface area contributed by atoms with Gasteiger partial charge in [-0.25, -0.2) is 0 Å². The first-order valence-electron chi connectivity index (χ1n) is 10.7. The number of carbonyl (C=O) groups excluding carboxylic acids is 1. The molecule has 0 atom stereocenters. The van der Waals surface area contributed by atoms with Crippen molar-refractivity contribution in [3.8, 4) is 5.75 Å². The zero-order valence-electron chi connectivity index (χ0n) is 17.8. The van der Waals surface area contributed by atoms with E-state index in [1.807, 2.05) is 0 Å². The van der Waals surface area contributed by atoms with Crippen molar-refractivity contribution in [1.29, 1.82) is 0 Å². The van der Waals surface area contributed by atoms with Gasteiger partial charge in [0.05, 0.1) is 11.7 Å². The van der Waals surface area contributed by atoms with Crippen LogP contribution in [0.1, 0.15) is 53.3 Å². The van der Waals surface area contributed by atoms with Crippen molar-refractivity contribution in [3.05, 3.63) is 29.8 Å². The Kier molecular flexibility index (Phi) is 4.43. The summed E-state index contributed by atoms with van der Waals surface area (Å²) in [5.74, 6) is 2.35. The number of piperidine rings is 2. The smallest absolute Gasteiger partial charge is 0.240 e. The molecule has 0 spiro atoms. The molecule has 0 amide bonds. The second-order valence-corrected chi connectivity index (χ2v) is 10.1. The molecule has 4 nitrogen and oxygen atoms in total. The van der Waals surface area contributed by atoms with Gasteiger partial charge >= 0.3 is 0 Å². The maximum absolute atomic E-state index is 13.6. The van der Waals surface area contributed by atoms with E-state index < -0.39 is 0 Å². The van der Waals surface area contributed by atoms with Gasteiger partial charge in [0.25, 0.3) is 0 Å². The molecule has 0 saturated carbocycles. The average molecular weight is 373 g/mol. The Balaban J connectivity index is 1.68. The Bertz CT molecular complexity index is 676. The molecular formula is C23H36N2O2+2. The second kappa shape index (κ2) is 6.31. The van der Waals surface area contributed by atoms with E-state index in [0.717, 1.165) is 31.9 Å². The van der Waals surface area contributed by atoms with Crippen LogP contribution in [0.5, 0.6) is 5.75 Å². The number of benzene rings is 1. The highest BCUT2D eigenvalue weighted by Crippen LogP contribution is 2.45. The summed E-state index contributed by atoms with van der Waals surface area (Å²) in [6, 6.07) is 8.72. The topological polar surface area (TPSA) is 35.2 Å². The first kappa shape index (κ1) is 18.9. The van der Waals surface area contributed by atoms with Gasteiger partial charge in [-0.15, -0.1) is 0 Å². The van der Waals surface area contributed by atoms with Gasteiger partial charge < -0.3 is 4.74 Å². The number of nitrogens with one attached hydrogen (secondary N) is 2. The molecule has 2 N–H and O–H groups in total. The number of ether oxygens (including phenoxy) is 1. The lowest BCUT2D eigenvalue weighted by molar-refractivity contribution is -1.18. The Labute approximate surface area is 163 Å². The summed E-state index contributed by atoms with van der Waals surface area (Å²) >= 11 is 0. The second-order valence-electron chi connectivity index (χ2n) is 10.1. The van der Waals surface area contributed by atoms with Gasteiger partial charge in [-0.1, -0.05) is 27.7 Å². The molecule has 4 saturated heterocycles. The van der Waals surface area contributed by atoms with Crippen LogP contribution in [-0.4, -0.2) is 38.1 Å². The number of quaternary nitrogens is 2. The first-order chi connectivity index (χ1) is 12.7. The van der Waals surface area contributed by atoms with E-state index in [4.69, 9.17) is 4.74 Å². The van der Waals surface area contributed by atoms with Crippen molar-refractivity contribution in [3.63, 3.8) is 0 Å². The Morgan fingerprint density at radius 2 is 1.30 bits per heavy atom. The monoisotopic (exact) mass is 372 g/mol. The molecular weight excluding hydrogens is 336 g/mol. The third kappa shape index (κ3) is 2.67. The molecule has 0 unspecified atom stereocenters. The van der Waals surface area contributed by atoms with Crippen molar-refractivity contribution >= 4 is 5.78 Å². The van der Waals surface area contributed by atoms with Crippen LogP contribution in [0.15, 0.2) is 24.3 Å². The van der Waals surface area contributed by atoms with Gasteiger partial charge in [0.15, 0.2) is 5.78 Å². The van der Waals surface area contributed by atoms with Crippen LogP contribution >= 0.6 is 0 Å². The maximum Gasteiger partial charge on any atom is 0.240 e. The number of hydrogen-bond acceptors (Lipinski definition) is 2. The van der Waals surface area contributed by atoms with Crippen LogP contribution in [0.3, 0.4) is 0 Å². The number of carbonyl (C=O) groups is 1. The Morgan fingerprint density at radius 1 is 0.852 bits per heavy atom. The fourth-order valence-corrected chi connectivity index (χ4v) is 6.21. The van der Waals surface area contributed by atoms with E-state index >= 15 is 0 Å². The van der Waals surface area contributed by atoms with E-state index in [0.29, 0.717) is 23.8 Å². The molecule has 4 fully saturated rings. The van der Waals surface area contributed by atoms with Gasteiger partial charge in [0.1, 0.15) is 42.8 Å². The van der Waals surface area contributed by atoms with E-state index in [2.05, 4.69) is 65.8 Å². The molecule has 0 aliphatic carbocycles. The van der Waals surface area contributed by atoms with Crippen LogP contribution < -0.4 is 14.5 Å². The summed E-state index contributed by atoms with van der Waals surface area (Å²) in [5.41, 5.74) is 1.12. The summed E-state index contributed by atoms with van der Waals surface area (Å²) in [4.78, 5) is 16.9. The van der Waals surface area contributed by atoms with Crippen LogP contribution in [0, 0.1) is 22.7 Å². The maximum atomic E-state index is 13.6. The van der Waals surface area contributed by atoms with Gasteiger partial charge in [-0.3, -0.25) is 14.6 Å². The quantitative estimate of drug-likeness (QED) is 0.813. The molecule has 1 aromatic rings. The number of ketones is 1. The van der Waals surface area contributed by atoms with Gasteiger partial charge in [0, 0.05) is 0 Å². The van der Waals surface area contributed by atoms with Crippen LogP contribution in [-0.2, 0) is 4.79 Å². The molecule has 4 bridgehead atoms.